The highest BCUT2D eigenvalue weighted by Crippen LogP contribution is 2.27. The second-order valence-electron chi connectivity index (χ2n) is 6.91. The summed E-state index contributed by atoms with van der Waals surface area (Å²) in [6, 6.07) is 11.7. The van der Waals surface area contributed by atoms with Crippen LogP contribution in [0.2, 0.25) is 0 Å². The average molecular weight is 405 g/mol. The van der Waals surface area contributed by atoms with Crippen LogP contribution < -0.4 is 9.64 Å². The maximum Gasteiger partial charge on any atom is 0.232 e. The van der Waals surface area contributed by atoms with E-state index in [0.717, 1.165) is 40.6 Å². The fourth-order valence-corrected chi connectivity index (χ4v) is 4.14. The fraction of sp³-hybridized carbons (Fsp3) is 0.238. The first-order chi connectivity index (χ1) is 14.2. The molecule has 1 aromatic carbocycles. The Kier molecular flexibility index (Phi) is 4.48. The molecular formula is C21H19N5O2S. The Balaban J connectivity index is 1.43. The number of nitrogens with zero attached hydrogens (tertiary/aromatic N) is 5. The SMILES string of the molecule is CC(Oc1ccc2ncc(-c3ccc(N4CCCC4=O)cc3)n2n1)c1nccs1. The van der Waals surface area contributed by atoms with E-state index in [1.807, 2.05) is 53.6 Å². The number of thiazole rings is 1. The lowest BCUT2D eigenvalue weighted by atomic mass is 10.1. The van der Waals surface area contributed by atoms with Gasteiger partial charge in [0, 0.05) is 41.9 Å². The third-order valence-electron chi connectivity index (χ3n) is 4.98. The van der Waals surface area contributed by atoms with Crippen LogP contribution in [0.15, 0.2) is 54.2 Å². The molecule has 4 heterocycles. The van der Waals surface area contributed by atoms with Crippen molar-refractivity contribution in [3.8, 4) is 17.1 Å². The topological polar surface area (TPSA) is 72.6 Å². The summed E-state index contributed by atoms with van der Waals surface area (Å²) in [5.41, 5.74) is 3.52. The van der Waals surface area contributed by atoms with Crippen molar-refractivity contribution in [1.82, 2.24) is 19.6 Å². The minimum absolute atomic E-state index is 0.177. The van der Waals surface area contributed by atoms with Crippen LogP contribution in [0.3, 0.4) is 0 Å². The summed E-state index contributed by atoms with van der Waals surface area (Å²) in [5.74, 6) is 0.698. The Morgan fingerprint density at radius 2 is 2.00 bits per heavy atom. The number of aromatic nitrogens is 4. The van der Waals surface area contributed by atoms with E-state index in [-0.39, 0.29) is 12.0 Å². The molecule has 29 heavy (non-hydrogen) atoms. The molecule has 3 aromatic heterocycles. The number of imidazole rings is 1. The molecular weight excluding hydrogens is 386 g/mol. The first-order valence-electron chi connectivity index (χ1n) is 9.51. The van der Waals surface area contributed by atoms with Gasteiger partial charge < -0.3 is 9.64 Å². The van der Waals surface area contributed by atoms with Gasteiger partial charge in [-0.25, -0.2) is 14.5 Å². The van der Waals surface area contributed by atoms with Gasteiger partial charge in [-0.2, -0.15) is 0 Å². The first-order valence-corrected chi connectivity index (χ1v) is 10.4. The quantitative estimate of drug-likeness (QED) is 0.499. The number of carbonyl (C=O) groups excluding carboxylic acids is 1. The number of rotatable bonds is 5. The molecule has 1 saturated heterocycles. The summed E-state index contributed by atoms with van der Waals surface area (Å²) in [5, 5.41) is 7.45. The molecule has 0 radical (unpaired) electrons. The Labute approximate surface area is 171 Å². The van der Waals surface area contributed by atoms with E-state index in [1.165, 1.54) is 0 Å². The highest BCUT2D eigenvalue weighted by molar-refractivity contribution is 7.09. The predicted octanol–water partition coefficient (Wildman–Crippen LogP) is 4.12. The zero-order chi connectivity index (χ0) is 19.8. The third-order valence-corrected chi connectivity index (χ3v) is 5.92. The lowest BCUT2D eigenvalue weighted by Crippen LogP contribution is -2.23. The van der Waals surface area contributed by atoms with Gasteiger partial charge >= 0.3 is 0 Å². The number of fused-ring (bicyclic) bond motifs is 1. The molecule has 0 bridgehead atoms. The minimum Gasteiger partial charge on any atom is -0.466 e. The number of ether oxygens (including phenoxy) is 1. The molecule has 7 nitrogen and oxygen atoms in total. The Bertz CT molecular complexity index is 1150. The van der Waals surface area contributed by atoms with Crippen molar-refractivity contribution in [2.24, 2.45) is 0 Å². The van der Waals surface area contributed by atoms with Crippen LogP contribution in [-0.2, 0) is 4.79 Å². The van der Waals surface area contributed by atoms with Crippen molar-refractivity contribution in [1.29, 1.82) is 0 Å². The number of amides is 1. The van der Waals surface area contributed by atoms with E-state index in [2.05, 4.69) is 15.1 Å². The van der Waals surface area contributed by atoms with E-state index in [0.29, 0.717) is 12.3 Å². The predicted molar refractivity (Wildman–Crippen MR) is 111 cm³/mol. The summed E-state index contributed by atoms with van der Waals surface area (Å²) in [7, 11) is 0. The number of carbonyl (C=O) groups is 1. The zero-order valence-electron chi connectivity index (χ0n) is 15.9. The summed E-state index contributed by atoms with van der Waals surface area (Å²) < 4.78 is 7.75. The van der Waals surface area contributed by atoms with Gasteiger partial charge in [0.25, 0.3) is 0 Å². The molecule has 1 aliphatic heterocycles. The van der Waals surface area contributed by atoms with Crippen LogP contribution in [0.4, 0.5) is 5.69 Å². The van der Waals surface area contributed by atoms with Crippen LogP contribution >= 0.6 is 11.3 Å². The Morgan fingerprint density at radius 1 is 1.14 bits per heavy atom. The molecule has 1 amide bonds. The van der Waals surface area contributed by atoms with E-state index in [9.17, 15) is 4.79 Å². The summed E-state index contributed by atoms with van der Waals surface area (Å²) in [4.78, 5) is 22.5. The third kappa shape index (κ3) is 3.36. The number of hydrogen-bond donors (Lipinski definition) is 0. The van der Waals surface area contributed by atoms with Gasteiger partial charge in [-0.1, -0.05) is 12.1 Å². The smallest absolute Gasteiger partial charge is 0.232 e. The van der Waals surface area contributed by atoms with Crippen LogP contribution in [0, 0.1) is 0 Å². The zero-order valence-corrected chi connectivity index (χ0v) is 16.7. The number of anilines is 1. The van der Waals surface area contributed by atoms with Crippen LogP contribution in [0.25, 0.3) is 16.9 Å². The summed E-state index contributed by atoms with van der Waals surface area (Å²) in [6.07, 6.45) is 4.93. The van der Waals surface area contributed by atoms with E-state index >= 15 is 0 Å². The van der Waals surface area contributed by atoms with Gasteiger partial charge in [-0.15, -0.1) is 16.4 Å². The van der Waals surface area contributed by atoms with Crippen molar-refractivity contribution in [3.05, 3.63) is 59.2 Å². The first kappa shape index (κ1) is 17.8. The van der Waals surface area contributed by atoms with Crippen molar-refractivity contribution >= 4 is 28.6 Å². The summed E-state index contributed by atoms with van der Waals surface area (Å²) >= 11 is 1.56. The maximum absolute atomic E-state index is 12.0. The maximum atomic E-state index is 12.0. The molecule has 0 aliphatic carbocycles. The minimum atomic E-state index is -0.177. The molecule has 4 aromatic rings. The second-order valence-corrected chi connectivity index (χ2v) is 7.84. The highest BCUT2D eigenvalue weighted by Gasteiger charge is 2.21. The van der Waals surface area contributed by atoms with Crippen molar-refractivity contribution in [3.63, 3.8) is 0 Å². The van der Waals surface area contributed by atoms with E-state index in [4.69, 9.17) is 4.74 Å². The molecule has 0 saturated carbocycles. The molecule has 1 aliphatic rings. The van der Waals surface area contributed by atoms with Gasteiger partial charge in [0.05, 0.1) is 11.9 Å². The Hall–Kier alpha value is -3.26. The van der Waals surface area contributed by atoms with Gasteiger partial charge in [0.2, 0.25) is 11.8 Å². The van der Waals surface area contributed by atoms with Gasteiger partial charge in [0.15, 0.2) is 5.65 Å². The second kappa shape index (κ2) is 7.29. The largest absolute Gasteiger partial charge is 0.466 e. The number of hydrogen-bond acceptors (Lipinski definition) is 6. The molecule has 146 valence electrons. The average Bonchev–Trinajstić information content (AvgIpc) is 3.49. The normalized spacial score (nSPS) is 15.2. The molecule has 5 rings (SSSR count). The molecule has 1 fully saturated rings. The number of benzene rings is 1. The molecule has 1 atom stereocenters. The summed E-state index contributed by atoms with van der Waals surface area (Å²) in [6.45, 7) is 2.74. The molecule has 1 unspecified atom stereocenters. The lowest BCUT2D eigenvalue weighted by Gasteiger charge is -2.16. The van der Waals surface area contributed by atoms with Gasteiger partial charge in [0.1, 0.15) is 11.1 Å². The fourth-order valence-electron chi connectivity index (χ4n) is 3.52. The van der Waals surface area contributed by atoms with E-state index in [1.54, 1.807) is 28.2 Å². The van der Waals surface area contributed by atoms with Crippen molar-refractivity contribution < 1.29 is 9.53 Å². The lowest BCUT2D eigenvalue weighted by molar-refractivity contribution is -0.117. The Morgan fingerprint density at radius 3 is 2.72 bits per heavy atom. The van der Waals surface area contributed by atoms with Crippen LogP contribution in [-0.4, -0.2) is 32.0 Å². The molecule has 0 N–H and O–H groups in total. The molecule has 8 heteroatoms. The van der Waals surface area contributed by atoms with Crippen molar-refractivity contribution in [2.45, 2.75) is 25.9 Å². The van der Waals surface area contributed by atoms with Crippen LogP contribution in [0.1, 0.15) is 30.9 Å². The van der Waals surface area contributed by atoms with Crippen LogP contribution in [0.5, 0.6) is 5.88 Å². The highest BCUT2D eigenvalue weighted by atomic mass is 32.1. The monoisotopic (exact) mass is 405 g/mol. The van der Waals surface area contributed by atoms with E-state index < -0.39 is 0 Å². The van der Waals surface area contributed by atoms with Crippen molar-refractivity contribution in [2.75, 3.05) is 11.4 Å². The standard InChI is InChI=1S/C21H19N5O2S/c1-14(21-22-10-12-29-21)28-19-9-8-18-23-13-17(26(18)24-19)15-4-6-16(7-5-15)25-11-2-3-20(25)27/h4-10,12-14H,2-3,11H2,1H3. The van der Waals surface area contributed by atoms with Gasteiger partial charge in [-0.05, 0) is 31.5 Å². The molecule has 0 spiro atoms. The van der Waals surface area contributed by atoms with Gasteiger partial charge in [-0.3, -0.25) is 4.79 Å².